The van der Waals surface area contributed by atoms with Crippen molar-refractivity contribution < 1.29 is 14.7 Å². The molecule has 0 bridgehead atoms. The van der Waals surface area contributed by atoms with Gasteiger partial charge in [0.2, 0.25) is 11.8 Å². The maximum atomic E-state index is 12.1. The van der Waals surface area contributed by atoms with E-state index in [9.17, 15) is 14.7 Å². The van der Waals surface area contributed by atoms with E-state index in [2.05, 4.69) is 28.7 Å². The van der Waals surface area contributed by atoms with Gasteiger partial charge in [0.25, 0.3) is 0 Å². The van der Waals surface area contributed by atoms with E-state index < -0.39 is 0 Å². The number of carbonyl (C=O) groups is 2. The molecule has 3 N–H and O–H groups in total. The minimum absolute atomic E-state index is 0.00927. The van der Waals surface area contributed by atoms with Crippen molar-refractivity contribution in [3.05, 3.63) is 25.3 Å². The molecule has 0 aromatic carbocycles. The second-order valence-electron chi connectivity index (χ2n) is 8.20. The summed E-state index contributed by atoms with van der Waals surface area (Å²) in [7, 11) is 0. The van der Waals surface area contributed by atoms with E-state index in [0.717, 1.165) is 51.4 Å². The Hall–Kier alpha value is -1.66. The number of hydrogen-bond donors (Lipinski definition) is 3. The Morgan fingerprint density at radius 1 is 0.833 bits per heavy atom. The van der Waals surface area contributed by atoms with Crippen LogP contribution < -0.4 is 10.6 Å². The highest BCUT2D eigenvalue weighted by Gasteiger charge is 2.16. The van der Waals surface area contributed by atoms with Crippen LogP contribution in [-0.4, -0.2) is 60.1 Å². The van der Waals surface area contributed by atoms with Crippen LogP contribution in [0, 0.1) is 0 Å². The predicted octanol–water partition coefficient (Wildman–Crippen LogP) is 3.56. The molecule has 174 valence electrons. The first-order chi connectivity index (χ1) is 14.4. The molecular weight excluding hydrogens is 378 g/mol. The fraction of sp³-hybridized carbons (Fsp3) is 0.750. The number of unbranched alkanes of at least 4 members (excludes halogenated alkanes) is 6. The molecule has 0 aliphatic rings. The first-order valence-corrected chi connectivity index (χ1v) is 11.6. The third kappa shape index (κ3) is 17.2. The summed E-state index contributed by atoms with van der Waals surface area (Å²) in [5, 5.41) is 15.5. The molecule has 0 fully saturated rings. The van der Waals surface area contributed by atoms with Gasteiger partial charge in [0.1, 0.15) is 0 Å². The van der Waals surface area contributed by atoms with Crippen LogP contribution in [0.15, 0.2) is 25.3 Å². The molecular formula is C24H45N3O3. The van der Waals surface area contributed by atoms with Crippen LogP contribution in [0.5, 0.6) is 0 Å². The SMILES string of the molecule is C=CCCCCCC(=O)NC(C)CN(CCO)CC(C)NC(=O)CCCCCC=C. The Morgan fingerprint density at radius 2 is 1.27 bits per heavy atom. The highest BCUT2D eigenvalue weighted by Crippen LogP contribution is 2.05. The fourth-order valence-electron chi connectivity index (χ4n) is 3.46. The van der Waals surface area contributed by atoms with Crippen LogP contribution in [-0.2, 0) is 9.59 Å². The van der Waals surface area contributed by atoms with E-state index in [1.165, 1.54) is 0 Å². The first-order valence-electron chi connectivity index (χ1n) is 11.6. The van der Waals surface area contributed by atoms with E-state index in [1.54, 1.807) is 0 Å². The lowest BCUT2D eigenvalue weighted by Gasteiger charge is -2.28. The summed E-state index contributed by atoms with van der Waals surface area (Å²) >= 11 is 0. The van der Waals surface area contributed by atoms with Gasteiger partial charge in [0, 0.05) is 44.6 Å². The van der Waals surface area contributed by atoms with Crippen LogP contribution in [0.2, 0.25) is 0 Å². The van der Waals surface area contributed by atoms with Crippen LogP contribution >= 0.6 is 0 Å². The number of allylic oxidation sites excluding steroid dienone is 2. The Morgan fingerprint density at radius 3 is 1.63 bits per heavy atom. The predicted molar refractivity (Wildman–Crippen MR) is 125 cm³/mol. The van der Waals surface area contributed by atoms with Gasteiger partial charge in [-0.1, -0.05) is 25.0 Å². The summed E-state index contributed by atoms with van der Waals surface area (Å²) in [6, 6.07) is -0.0185. The van der Waals surface area contributed by atoms with Crippen molar-refractivity contribution in [1.82, 2.24) is 15.5 Å². The summed E-state index contributed by atoms with van der Waals surface area (Å²) in [6.45, 7) is 13.2. The van der Waals surface area contributed by atoms with Crippen LogP contribution in [0.3, 0.4) is 0 Å². The quantitative estimate of drug-likeness (QED) is 0.207. The molecule has 0 heterocycles. The maximum Gasteiger partial charge on any atom is 0.220 e. The smallest absolute Gasteiger partial charge is 0.220 e. The number of rotatable bonds is 20. The Balaban J connectivity index is 4.17. The summed E-state index contributed by atoms with van der Waals surface area (Å²) in [5.41, 5.74) is 0. The second-order valence-corrected chi connectivity index (χ2v) is 8.20. The Bertz CT molecular complexity index is 442. The number of nitrogens with one attached hydrogen (secondary N) is 2. The largest absolute Gasteiger partial charge is 0.395 e. The van der Waals surface area contributed by atoms with Crippen LogP contribution in [0.1, 0.15) is 78.1 Å². The van der Waals surface area contributed by atoms with Gasteiger partial charge in [-0.2, -0.15) is 0 Å². The minimum atomic E-state index is -0.00927. The molecule has 2 amide bonds. The maximum absolute atomic E-state index is 12.1. The van der Waals surface area contributed by atoms with Gasteiger partial charge in [-0.05, 0) is 52.4 Å². The van der Waals surface area contributed by atoms with Crippen LogP contribution in [0.4, 0.5) is 0 Å². The first kappa shape index (κ1) is 28.3. The summed E-state index contributed by atoms with van der Waals surface area (Å²) in [4.78, 5) is 26.3. The van der Waals surface area contributed by atoms with Gasteiger partial charge in [0.15, 0.2) is 0 Å². The number of nitrogens with zero attached hydrogens (tertiary/aromatic N) is 1. The van der Waals surface area contributed by atoms with Crippen molar-refractivity contribution in [2.45, 2.75) is 90.1 Å². The van der Waals surface area contributed by atoms with E-state index in [1.807, 2.05) is 26.0 Å². The molecule has 0 saturated carbocycles. The normalized spacial score (nSPS) is 12.9. The standard InChI is InChI=1S/C24H45N3O3/c1-5-7-9-11-13-15-23(29)25-21(3)19-27(17-18-28)20-22(4)26-24(30)16-14-12-10-8-6-2/h5-6,21-22,28H,1-2,7-20H2,3-4H3,(H,25,29)(H,26,30). The topological polar surface area (TPSA) is 81.7 Å². The third-order valence-corrected chi connectivity index (χ3v) is 4.92. The molecule has 6 heteroatoms. The molecule has 0 aromatic rings. The van der Waals surface area contributed by atoms with Gasteiger partial charge < -0.3 is 15.7 Å². The number of hydrogen-bond acceptors (Lipinski definition) is 4. The Labute approximate surface area is 184 Å². The van der Waals surface area contributed by atoms with Crippen LogP contribution in [0.25, 0.3) is 0 Å². The van der Waals surface area contributed by atoms with E-state index in [-0.39, 0.29) is 30.5 Å². The number of amides is 2. The molecule has 0 aliphatic heterocycles. The van der Waals surface area contributed by atoms with Crippen molar-refractivity contribution in [3.8, 4) is 0 Å². The molecule has 0 spiro atoms. The summed E-state index contributed by atoms with van der Waals surface area (Å²) in [6.07, 6.45) is 12.9. The highest BCUT2D eigenvalue weighted by atomic mass is 16.3. The summed E-state index contributed by atoms with van der Waals surface area (Å²) < 4.78 is 0. The lowest BCUT2D eigenvalue weighted by atomic mass is 10.1. The molecule has 0 aliphatic carbocycles. The van der Waals surface area contributed by atoms with E-state index >= 15 is 0 Å². The van der Waals surface area contributed by atoms with Gasteiger partial charge in [-0.3, -0.25) is 14.5 Å². The zero-order valence-corrected chi connectivity index (χ0v) is 19.3. The average molecular weight is 424 g/mol. The van der Waals surface area contributed by atoms with Crippen molar-refractivity contribution in [2.75, 3.05) is 26.2 Å². The molecule has 2 unspecified atom stereocenters. The average Bonchev–Trinajstić information content (AvgIpc) is 2.67. The zero-order chi connectivity index (χ0) is 22.6. The number of aliphatic hydroxyl groups excluding tert-OH is 1. The van der Waals surface area contributed by atoms with Gasteiger partial charge >= 0.3 is 0 Å². The number of aliphatic hydroxyl groups is 1. The number of carbonyl (C=O) groups excluding carboxylic acids is 2. The van der Waals surface area contributed by atoms with Gasteiger partial charge in [0.05, 0.1) is 6.61 Å². The molecule has 2 atom stereocenters. The minimum Gasteiger partial charge on any atom is -0.395 e. The zero-order valence-electron chi connectivity index (χ0n) is 19.3. The monoisotopic (exact) mass is 423 g/mol. The third-order valence-electron chi connectivity index (χ3n) is 4.92. The molecule has 0 saturated heterocycles. The molecule has 30 heavy (non-hydrogen) atoms. The molecule has 0 radical (unpaired) electrons. The van der Waals surface area contributed by atoms with Crippen molar-refractivity contribution in [3.63, 3.8) is 0 Å². The molecule has 6 nitrogen and oxygen atoms in total. The van der Waals surface area contributed by atoms with Crippen molar-refractivity contribution in [1.29, 1.82) is 0 Å². The van der Waals surface area contributed by atoms with E-state index in [4.69, 9.17) is 0 Å². The van der Waals surface area contributed by atoms with E-state index in [0.29, 0.717) is 32.5 Å². The lowest BCUT2D eigenvalue weighted by Crippen LogP contribution is -2.48. The second kappa shape index (κ2) is 19.3. The highest BCUT2D eigenvalue weighted by molar-refractivity contribution is 5.76. The van der Waals surface area contributed by atoms with Crippen molar-refractivity contribution >= 4 is 11.8 Å². The molecule has 0 rings (SSSR count). The summed E-state index contributed by atoms with van der Waals surface area (Å²) in [5.74, 6) is 0.144. The molecule has 0 aromatic heterocycles. The fourth-order valence-corrected chi connectivity index (χ4v) is 3.46. The van der Waals surface area contributed by atoms with Crippen molar-refractivity contribution in [2.24, 2.45) is 0 Å². The van der Waals surface area contributed by atoms with Gasteiger partial charge in [-0.25, -0.2) is 0 Å². The Kier molecular flexibility index (Phi) is 18.2. The lowest BCUT2D eigenvalue weighted by molar-refractivity contribution is -0.122. The van der Waals surface area contributed by atoms with Gasteiger partial charge in [-0.15, -0.1) is 13.2 Å².